The molecule has 114 valence electrons. The maximum absolute atomic E-state index is 11.4. The predicted molar refractivity (Wildman–Crippen MR) is 85.5 cm³/mol. The number of carbonyl (C=O) groups is 2. The van der Waals surface area contributed by atoms with Gasteiger partial charge in [0.2, 0.25) is 6.41 Å². The van der Waals surface area contributed by atoms with Gasteiger partial charge in [0.1, 0.15) is 5.78 Å². The SMILES string of the molecule is CC(=O)C1CCC(CN(C)c2ccccc2NC=O)CC1. The Morgan fingerprint density at radius 1 is 1.29 bits per heavy atom. The lowest BCUT2D eigenvalue weighted by Crippen LogP contribution is -2.30. The molecule has 2 rings (SSSR count). The van der Waals surface area contributed by atoms with Crippen LogP contribution in [0.4, 0.5) is 11.4 Å². The Morgan fingerprint density at radius 3 is 2.57 bits per heavy atom. The smallest absolute Gasteiger partial charge is 0.211 e. The summed E-state index contributed by atoms with van der Waals surface area (Å²) in [5, 5.41) is 2.75. The maximum Gasteiger partial charge on any atom is 0.211 e. The molecule has 1 fully saturated rings. The van der Waals surface area contributed by atoms with Crippen LogP contribution in [-0.2, 0) is 9.59 Å². The summed E-state index contributed by atoms with van der Waals surface area (Å²) in [4.78, 5) is 24.3. The number of amides is 1. The van der Waals surface area contributed by atoms with Gasteiger partial charge in [-0.05, 0) is 50.7 Å². The Labute approximate surface area is 126 Å². The summed E-state index contributed by atoms with van der Waals surface area (Å²) in [6.07, 6.45) is 4.96. The minimum absolute atomic E-state index is 0.274. The summed E-state index contributed by atoms with van der Waals surface area (Å²) in [6, 6.07) is 7.83. The number of nitrogens with zero attached hydrogens (tertiary/aromatic N) is 1. The minimum atomic E-state index is 0.274. The highest BCUT2D eigenvalue weighted by molar-refractivity contribution is 5.81. The Hall–Kier alpha value is -1.84. The van der Waals surface area contributed by atoms with Crippen LogP contribution in [0.25, 0.3) is 0 Å². The van der Waals surface area contributed by atoms with Crippen molar-refractivity contribution in [3.63, 3.8) is 0 Å². The largest absolute Gasteiger partial charge is 0.373 e. The van der Waals surface area contributed by atoms with E-state index in [1.54, 1.807) is 6.92 Å². The zero-order valence-corrected chi connectivity index (χ0v) is 12.8. The number of benzene rings is 1. The van der Waals surface area contributed by atoms with Crippen molar-refractivity contribution in [1.29, 1.82) is 0 Å². The minimum Gasteiger partial charge on any atom is -0.373 e. The lowest BCUT2D eigenvalue weighted by atomic mass is 9.80. The number of nitrogens with one attached hydrogen (secondary N) is 1. The molecule has 1 saturated carbocycles. The molecule has 0 aromatic heterocycles. The molecule has 0 atom stereocenters. The van der Waals surface area contributed by atoms with Crippen LogP contribution in [0.3, 0.4) is 0 Å². The number of para-hydroxylation sites is 2. The Bertz CT molecular complexity index is 493. The third kappa shape index (κ3) is 4.06. The van der Waals surface area contributed by atoms with E-state index in [-0.39, 0.29) is 5.92 Å². The summed E-state index contributed by atoms with van der Waals surface area (Å²) >= 11 is 0. The van der Waals surface area contributed by atoms with Crippen LogP contribution < -0.4 is 10.2 Å². The molecule has 4 heteroatoms. The standard InChI is InChI=1S/C17H24N2O2/c1-13(21)15-9-7-14(8-10-15)11-19(2)17-6-4-3-5-16(17)18-12-20/h3-6,12,14-15H,7-11H2,1-2H3,(H,18,20). The van der Waals surface area contributed by atoms with Gasteiger partial charge in [-0.1, -0.05) is 12.1 Å². The van der Waals surface area contributed by atoms with Gasteiger partial charge < -0.3 is 10.2 Å². The van der Waals surface area contributed by atoms with Crippen molar-refractivity contribution in [2.45, 2.75) is 32.6 Å². The van der Waals surface area contributed by atoms with E-state index in [2.05, 4.69) is 17.3 Å². The molecule has 1 aliphatic carbocycles. The zero-order valence-electron chi connectivity index (χ0n) is 12.8. The third-order valence-corrected chi connectivity index (χ3v) is 4.48. The molecule has 0 unspecified atom stereocenters. The van der Waals surface area contributed by atoms with Gasteiger partial charge in [-0.3, -0.25) is 9.59 Å². The Balaban J connectivity index is 1.95. The van der Waals surface area contributed by atoms with E-state index in [4.69, 9.17) is 0 Å². The molecule has 1 aromatic rings. The molecule has 1 aliphatic rings. The first kappa shape index (κ1) is 15.5. The van der Waals surface area contributed by atoms with Gasteiger partial charge >= 0.3 is 0 Å². The molecule has 0 bridgehead atoms. The molecule has 1 amide bonds. The third-order valence-electron chi connectivity index (χ3n) is 4.48. The van der Waals surface area contributed by atoms with Gasteiger partial charge in [0.25, 0.3) is 0 Å². The van der Waals surface area contributed by atoms with E-state index in [0.717, 1.165) is 43.6 Å². The number of hydrogen-bond donors (Lipinski definition) is 1. The normalized spacial score (nSPS) is 21.6. The van der Waals surface area contributed by atoms with E-state index in [0.29, 0.717) is 18.1 Å². The average Bonchev–Trinajstić information content (AvgIpc) is 2.48. The number of ketones is 1. The number of Topliss-reactive ketones (excluding diaryl/α,β-unsaturated/α-hetero) is 1. The second kappa shape index (κ2) is 7.25. The van der Waals surface area contributed by atoms with Crippen molar-refractivity contribution in [1.82, 2.24) is 0 Å². The highest BCUT2D eigenvalue weighted by Crippen LogP contribution is 2.32. The molecule has 1 N–H and O–H groups in total. The number of hydrogen-bond acceptors (Lipinski definition) is 3. The molecule has 0 aliphatic heterocycles. The Morgan fingerprint density at radius 2 is 1.95 bits per heavy atom. The molecule has 0 heterocycles. The van der Waals surface area contributed by atoms with Crippen molar-refractivity contribution < 1.29 is 9.59 Å². The van der Waals surface area contributed by atoms with Crippen LogP contribution in [0.1, 0.15) is 32.6 Å². The summed E-state index contributed by atoms with van der Waals surface area (Å²) in [5.41, 5.74) is 1.88. The van der Waals surface area contributed by atoms with Crippen LogP contribution in [0.5, 0.6) is 0 Å². The maximum atomic E-state index is 11.4. The summed E-state index contributed by atoms with van der Waals surface area (Å²) in [5.74, 6) is 1.23. The molecule has 0 spiro atoms. The van der Waals surface area contributed by atoms with Crippen molar-refractivity contribution in [2.24, 2.45) is 11.8 Å². The van der Waals surface area contributed by atoms with E-state index >= 15 is 0 Å². The van der Waals surface area contributed by atoms with Gasteiger partial charge in [0.05, 0.1) is 11.4 Å². The van der Waals surface area contributed by atoms with Crippen molar-refractivity contribution in [2.75, 3.05) is 23.8 Å². The Kier molecular flexibility index (Phi) is 5.37. The quantitative estimate of drug-likeness (QED) is 0.818. The first-order valence-corrected chi connectivity index (χ1v) is 7.62. The van der Waals surface area contributed by atoms with Crippen LogP contribution in [0.15, 0.2) is 24.3 Å². The molecular formula is C17H24N2O2. The molecule has 0 radical (unpaired) electrons. The average molecular weight is 288 g/mol. The second-order valence-corrected chi connectivity index (χ2v) is 5.99. The monoisotopic (exact) mass is 288 g/mol. The highest BCUT2D eigenvalue weighted by atomic mass is 16.1. The molecule has 4 nitrogen and oxygen atoms in total. The van der Waals surface area contributed by atoms with Gasteiger partial charge in [0, 0.05) is 19.5 Å². The van der Waals surface area contributed by atoms with Gasteiger partial charge in [-0.25, -0.2) is 0 Å². The molecule has 21 heavy (non-hydrogen) atoms. The zero-order chi connectivity index (χ0) is 15.2. The van der Waals surface area contributed by atoms with E-state index < -0.39 is 0 Å². The summed E-state index contributed by atoms with van der Waals surface area (Å²) in [6.45, 7) is 2.67. The summed E-state index contributed by atoms with van der Waals surface area (Å²) < 4.78 is 0. The summed E-state index contributed by atoms with van der Waals surface area (Å²) in [7, 11) is 2.06. The topological polar surface area (TPSA) is 49.4 Å². The lowest BCUT2D eigenvalue weighted by Gasteiger charge is -2.31. The molecule has 0 saturated heterocycles. The van der Waals surface area contributed by atoms with Crippen molar-refractivity contribution >= 4 is 23.6 Å². The second-order valence-electron chi connectivity index (χ2n) is 5.99. The van der Waals surface area contributed by atoms with E-state index in [1.807, 2.05) is 24.3 Å². The lowest BCUT2D eigenvalue weighted by molar-refractivity contribution is -0.121. The highest BCUT2D eigenvalue weighted by Gasteiger charge is 2.25. The van der Waals surface area contributed by atoms with Gasteiger partial charge in [-0.15, -0.1) is 0 Å². The predicted octanol–water partition coefficient (Wildman–Crippen LogP) is 3.09. The molecule has 1 aromatic carbocycles. The first-order valence-electron chi connectivity index (χ1n) is 7.62. The number of carbonyl (C=O) groups excluding carboxylic acids is 2. The van der Waals surface area contributed by atoms with E-state index in [1.165, 1.54) is 0 Å². The number of anilines is 2. The fraction of sp³-hybridized carbons (Fsp3) is 0.529. The first-order chi connectivity index (χ1) is 10.1. The fourth-order valence-electron chi connectivity index (χ4n) is 3.23. The fourth-order valence-corrected chi connectivity index (χ4v) is 3.23. The van der Waals surface area contributed by atoms with Gasteiger partial charge in [-0.2, -0.15) is 0 Å². The van der Waals surface area contributed by atoms with Crippen LogP contribution in [0, 0.1) is 11.8 Å². The van der Waals surface area contributed by atoms with Crippen LogP contribution >= 0.6 is 0 Å². The van der Waals surface area contributed by atoms with Crippen LogP contribution in [-0.4, -0.2) is 25.8 Å². The van der Waals surface area contributed by atoms with Crippen molar-refractivity contribution in [3.8, 4) is 0 Å². The van der Waals surface area contributed by atoms with Crippen molar-refractivity contribution in [3.05, 3.63) is 24.3 Å². The van der Waals surface area contributed by atoms with Gasteiger partial charge in [0.15, 0.2) is 0 Å². The van der Waals surface area contributed by atoms with E-state index in [9.17, 15) is 9.59 Å². The van der Waals surface area contributed by atoms with Crippen LogP contribution in [0.2, 0.25) is 0 Å². The number of rotatable bonds is 6. The molecular weight excluding hydrogens is 264 g/mol.